The zero-order valence-corrected chi connectivity index (χ0v) is 12.8. The van der Waals surface area contributed by atoms with Crippen molar-refractivity contribution in [2.45, 2.75) is 0 Å². The van der Waals surface area contributed by atoms with Gasteiger partial charge in [-0.3, -0.25) is 0 Å². The number of aromatic nitrogens is 2. The Bertz CT molecular complexity index is 611. The first-order valence-corrected chi connectivity index (χ1v) is 5.00. The van der Waals surface area contributed by atoms with E-state index in [1.54, 1.807) is 6.07 Å². The summed E-state index contributed by atoms with van der Waals surface area (Å²) in [7, 11) is 0. The Labute approximate surface area is 129 Å². The maximum atomic E-state index is 11.6. The summed E-state index contributed by atoms with van der Waals surface area (Å²) in [6.07, 6.45) is 0. The van der Waals surface area contributed by atoms with Gasteiger partial charge >= 0.3 is 38.7 Å². The van der Waals surface area contributed by atoms with Crippen molar-refractivity contribution in [3.05, 3.63) is 37.7 Å². The van der Waals surface area contributed by atoms with Crippen LogP contribution in [-0.4, -0.2) is 21.3 Å². The van der Waals surface area contributed by atoms with Crippen LogP contribution in [0.25, 0.3) is 10.9 Å². The maximum Gasteiger partial charge on any atom is 3.00 e. The Hall–Kier alpha value is -0.336. The van der Waals surface area contributed by atoms with Crippen molar-refractivity contribution < 1.29 is 42.6 Å². The number of carbonyl (C=O) groups is 1. The fourth-order valence-electron chi connectivity index (χ4n) is 1.20. The molecule has 2 N–H and O–H groups in total. The number of hydrogen-bond acceptors (Lipinski definition) is 3. The van der Waals surface area contributed by atoms with Gasteiger partial charge in [0.15, 0.2) is 5.43 Å². The van der Waals surface area contributed by atoms with Gasteiger partial charge in [-0.05, 0) is 5.52 Å². The maximum absolute atomic E-state index is 11.6. The number of H-pyrrole nitrogens is 1. The SMILES string of the molecule is O=C(O)c1n[nH]c2c(I)c[c-]cc2c1=O.[Y+3]. The minimum Gasteiger partial charge on any atom is -0.476 e. The predicted molar refractivity (Wildman–Crippen MR) is 60.9 cm³/mol. The van der Waals surface area contributed by atoms with Crippen LogP contribution >= 0.6 is 22.6 Å². The van der Waals surface area contributed by atoms with Gasteiger partial charge < -0.3 is 15.0 Å². The summed E-state index contributed by atoms with van der Waals surface area (Å²) in [5.74, 6) is -1.34. The number of nitrogens with zero attached hydrogens (tertiary/aromatic N) is 1. The molecule has 0 unspecified atom stereocenters. The molecule has 1 aromatic heterocycles. The molecule has 5 nitrogen and oxygen atoms in total. The molecule has 0 atom stereocenters. The summed E-state index contributed by atoms with van der Waals surface area (Å²) in [5, 5.41) is 15.0. The van der Waals surface area contributed by atoms with E-state index in [1.165, 1.54) is 6.07 Å². The Morgan fingerprint density at radius 3 is 2.81 bits per heavy atom. The Kier molecular flexibility index (Phi) is 4.57. The second kappa shape index (κ2) is 5.33. The molecule has 7 heteroatoms. The molecule has 0 amide bonds. The summed E-state index contributed by atoms with van der Waals surface area (Å²) in [6, 6.07) is 5.89. The van der Waals surface area contributed by atoms with E-state index in [-0.39, 0.29) is 38.1 Å². The van der Waals surface area contributed by atoms with E-state index in [0.29, 0.717) is 5.52 Å². The number of aromatic amines is 1. The van der Waals surface area contributed by atoms with E-state index in [9.17, 15) is 9.59 Å². The number of carboxylic acids is 1. The van der Waals surface area contributed by atoms with E-state index < -0.39 is 17.1 Å². The molecular weight excluding hydrogens is 400 g/mol. The molecule has 1 aromatic carbocycles. The van der Waals surface area contributed by atoms with Gasteiger partial charge in [0.05, 0.1) is 0 Å². The van der Waals surface area contributed by atoms with Gasteiger partial charge in [0.1, 0.15) is 0 Å². The van der Waals surface area contributed by atoms with Crippen LogP contribution in [0.4, 0.5) is 0 Å². The topological polar surface area (TPSA) is 83.0 Å². The van der Waals surface area contributed by atoms with Crippen LogP contribution in [0.2, 0.25) is 0 Å². The number of hydrogen-bond donors (Lipinski definition) is 2. The minimum absolute atomic E-state index is 0. The molecule has 0 bridgehead atoms. The van der Waals surface area contributed by atoms with E-state index in [2.05, 4.69) is 16.3 Å². The molecule has 0 saturated heterocycles. The van der Waals surface area contributed by atoms with E-state index >= 15 is 0 Å². The number of aromatic carboxylic acids is 1. The third-order valence-electron chi connectivity index (χ3n) is 1.89. The van der Waals surface area contributed by atoms with Gasteiger partial charge in [0.25, 0.3) is 0 Å². The second-order valence-corrected chi connectivity index (χ2v) is 3.96. The Balaban J connectivity index is 0.00000128. The molecule has 0 fully saturated rings. The first kappa shape index (κ1) is 13.7. The molecular formula is C9H4IN2O3Y+2. The molecule has 2 aromatic rings. The Morgan fingerprint density at radius 2 is 2.19 bits per heavy atom. The number of rotatable bonds is 1. The fourth-order valence-corrected chi connectivity index (χ4v) is 1.79. The van der Waals surface area contributed by atoms with Gasteiger partial charge in [0, 0.05) is 0 Å². The van der Waals surface area contributed by atoms with Crippen molar-refractivity contribution in [2.75, 3.05) is 0 Å². The van der Waals surface area contributed by atoms with E-state index in [1.807, 2.05) is 22.6 Å². The summed E-state index contributed by atoms with van der Waals surface area (Å²) >= 11 is 2.02. The standard InChI is InChI=1S/C9H4IN2O3.Y/c10-5-3-1-2-4-6(5)11-12-7(8(4)13)9(14)15;/h2-3H,(H,11,13)(H,14,15);/q-1;+3. The fraction of sp³-hybridized carbons (Fsp3) is 0. The molecule has 1 heterocycles. The third-order valence-corrected chi connectivity index (χ3v) is 2.74. The van der Waals surface area contributed by atoms with Crippen molar-refractivity contribution in [2.24, 2.45) is 0 Å². The van der Waals surface area contributed by atoms with Gasteiger partial charge in [0.2, 0.25) is 5.69 Å². The molecule has 16 heavy (non-hydrogen) atoms. The number of nitrogens with one attached hydrogen (secondary N) is 1. The molecule has 2 rings (SSSR count). The van der Waals surface area contributed by atoms with Crippen molar-refractivity contribution >= 4 is 39.5 Å². The van der Waals surface area contributed by atoms with Crippen LogP contribution in [0.15, 0.2) is 16.9 Å². The van der Waals surface area contributed by atoms with E-state index in [0.717, 1.165) is 3.57 Å². The third kappa shape index (κ3) is 2.33. The Morgan fingerprint density at radius 1 is 1.50 bits per heavy atom. The molecule has 0 aliphatic heterocycles. The van der Waals surface area contributed by atoms with Crippen LogP contribution in [0.1, 0.15) is 10.5 Å². The zero-order chi connectivity index (χ0) is 11.0. The van der Waals surface area contributed by atoms with Crippen LogP contribution in [0.3, 0.4) is 0 Å². The number of fused-ring (bicyclic) bond motifs is 1. The average molecular weight is 404 g/mol. The molecule has 0 aliphatic rings. The molecule has 0 saturated carbocycles. The van der Waals surface area contributed by atoms with Crippen LogP contribution in [0.5, 0.6) is 0 Å². The second-order valence-electron chi connectivity index (χ2n) is 2.80. The van der Waals surface area contributed by atoms with Crippen molar-refractivity contribution in [1.29, 1.82) is 0 Å². The van der Waals surface area contributed by atoms with Crippen molar-refractivity contribution in [3.8, 4) is 0 Å². The van der Waals surface area contributed by atoms with Gasteiger partial charge in [-0.25, -0.2) is 4.79 Å². The van der Waals surface area contributed by atoms with Gasteiger partial charge in [-0.2, -0.15) is 23.3 Å². The largest absolute Gasteiger partial charge is 3.00 e. The monoisotopic (exact) mass is 404 g/mol. The average Bonchev–Trinajstić information content (AvgIpc) is 2.19. The van der Waals surface area contributed by atoms with Crippen molar-refractivity contribution in [1.82, 2.24) is 10.2 Å². The smallest absolute Gasteiger partial charge is 0.476 e. The normalized spacial score (nSPS) is 9.81. The van der Waals surface area contributed by atoms with Crippen molar-refractivity contribution in [3.63, 3.8) is 0 Å². The van der Waals surface area contributed by atoms with Crippen LogP contribution in [-0.2, 0) is 32.7 Å². The zero-order valence-electron chi connectivity index (χ0n) is 7.82. The van der Waals surface area contributed by atoms with Crippen LogP contribution < -0.4 is 5.43 Å². The molecule has 0 spiro atoms. The van der Waals surface area contributed by atoms with E-state index in [4.69, 9.17) is 5.11 Å². The minimum atomic E-state index is -1.34. The summed E-state index contributed by atoms with van der Waals surface area (Å²) < 4.78 is 0.770. The molecule has 0 radical (unpaired) electrons. The first-order chi connectivity index (χ1) is 7.11. The summed E-state index contributed by atoms with van der Waals surface area (Å²) in [4.78, 5) is 22.3. The number of benzene rings is 1. The van der Waals surface area contributed by atoms with Gasteiger partial charge in [-0.1, -0.05) is 8.96 Å². The first-order valence-electron chi connectivity index (χ1n) is 3.92. The number of halogens is 1. The predicted octanol–water partition coefficient (Wildman–Crippen LogP) is 1.02. The summed E-state index contributed by atoms with van der Waals surface area (Å²) in [5.41, 5.74) is -0.562. The molecule has 76 valence electrons. The number of carboxylic acid groups (broad SMARTS) is 1. The summed E-state index contributed by atoms with van der Waals surface area (Å²) in [6.45, 7) is 0. The van der Waals surface area contributed by atoms with Gasteiger partial charge in [-0.15, -0.1) is 22.6 Å². The quantitative estimate of drug-likeness (QED) is 0.550. The molecule has 0 aliphatic carbocycles. The van der Waals surface area contributed by atoms with Crippen LogP contribution in [0, 0.1) is 9.64 Å².